The van der Waals surface area contributed by atoms with Crippen molar-refractivity contribution in [3.63, 3.8) is 0 Å². The summed E-state index contributed by atoms with van der Waals surface area (Å²) in [5.74, 6) is -0.817. The minimum atomic E-state index is -0.817. The first-order valence-electron chi connectivity index (χ1n) is 4.12. The Labute approximate surface area is 66.4 Å². The molecule has 1 rings (SSSR count). The third-order valence-corrected chi connectivity index (χ3v) is 2.08. The molecule has 0 spiro atoms. The first-order valence-corrected chi connectivity index (χ1v) is 4.12. The fraction of sp³-hybridized carbons (Fsp3) is 0.875. The summed E-state index contributed by atoms with van der Waals surface area (Å²) in [7, 11) is 0. The van der Waals surface area contributed by atoms with E-state index in [1.807, 2.05) is 6.92 Å². The van der Waals surface area contributed by atoms with E-state index in [9.17, 15) is 4.79 Å². The molecule has 2 atom stereocenters. The third kappa shape index (κ3) is 2.19. The number of carbonyl (C=O) groups is 1. The quantitative estimate of drug-likeness (QED) is 0.661. The van der Waals surface area contributed by atoms with Crippen molar-refractivity contribution in [2.75, 3.05) is 0 Å². The van der Waals surface area contributed by atoms with Crippen LogP contribution in [0.4, 0.5) is 0 Å². The van der Waals surface area contributed by atoms with E-state index >= 15 is 0 Å². The lowest BCUT2D eigenvalue weighted by Crippen LogP contribution is -2.33. The van der Waals surface area contributed by atoms with Crippen LogP contribution in [0, 0.1) is 0 Å². The van der Waals surface area contributed by atoms with Gasteiger partial charge in [0.1, 0.15) is 0 Å². The highest BCUT2D eigenvalue weighted by molar-refractivity contribution is 5.72. The Morgan fingerprint density at radius 1 is 1.64 bits per heavy atom. The van der Waals surface area contributed by atoms with Crippen molar-refractivity contribution in [3.8, 4) is 0 Å². The summed E-state index contributed by atoms with van der Waals surface area (Å²) >= 11 is 0. The van der Waals surface area contributed by atoms with Crippen LogP contribution in [-0.2, 0) is 9.53 Å². The van der Waals surface area contributed by atoms with E-state index in [-0.39, 0.29) is 6.10 Å². The van der Waals surface area contributed by atoms with Gasteiger partial charge < -0.3 is 9.84 Å². The van der Waals surface area contributed by atoms with Crippen molar-refractivity contribution in [2.45, 2.75) is 44.8 Å². The molecule has 3 nitrogen and oxygen atoms in total. The second-order valence-electron chi connectivity index (χ2n) is 2.92. The summed E-state index contributed by atoms with van der Waals surface area (Å²) in [6.45, 7) is 2.02. The van der Waals surface area contributed by atoms with Crippen LogP contribution in [0.5, 0.6) is 0 Å². The Balaban J connectivity index is 2.39. The molecule has 0 aromatic rings. The minimum Gasteiger partial charge on any atom is -0.479 e. The zero-order valence-corrected chi connectivity index (χ0v) is 6.75. The maximum atomic E-state index is 10.5. The van der Waals surface area contributed by atoms with Gasteiger partial charge in [0.15, 0.2) is 6.10 Å². The normalized spacial score (nSPS) is 31.7. The summed E-state index contributed by atoms with van der Waals surface area (Å²) in [6, 6.07) is 0. The standard InChI is InChI=1S/C8H14O3/c1-2-6-4-3-5-7(11-6)8(9)10/h6-7H,2-5H2,1H3,(H,9,10)/t6-,7-/m1/s1. The molecule has 0 amide bonds. The Hall–Kier alpha value is -0.570. The van der Waals surface area contributed by atoms with E-state index < -0.39 is 12.1 Å². The van der Waals surface area contributed by atoms with E-state index in [4.69, 9.17) is 9.84 Å². The van der Waals surface area contributed by atoms with Gasteiger partial charge in [0.2, 0.25) is 0 Å². The van der Waals surface area contributed by atoms with Gasteiger partial charge in [-0.25, -0.2) is 4.79 Å². The van der Waals surface area contributed by atoms with Crippen molar-refractivity contribution >= 4 is 5.97 Å². The molecular weight excluding hydrogens is 144 g/mol. The molecule has 0 aliphatic carbocycles. The Morgan fingerprint density at radius 2 is 2.36 bits per heavy atom. The maximum Gasteiger partial charge on any atom is 0.332 e. The van der Waals surface area contributed by atoms with Crippen molar-refractivity contribution < 1.29 is 14.6 Å². The van der Waals surface area contributed by atoms with E-state index in [0.29, 0.717) is 6.42 Å². The number of hydrogen-bond donors (Lipinski definition) is 1. The third-order valence-electron chi connectivity index (χ3n) is 2.08. The van der Waals surface area contributed by atoms with Crippen molar-refractivity contribution in [1.82, 2.24) is 0 Å². The molecule has 1 saturated heterocycles. The number of ether oxygens (including phenoxy) is 1. The smallest absolute Gasteiger partial charge is 0.332 e. The molecule has 3 heteroatoms. The molecule has 0 bridgehead atoms. The van der Waals surface area contributed by atoms with E-state index in [2.05, 4.69) is 0 Å². The number of aliphatic carboxylic acids is 1. The molecule has 11 heavy (non-hydrogen) atoms. The molecule has 1 heterocycles. The second kappa shape index (κ2) is 3.72. The first-order chi connectivity index (χ1) is 5.24. The van der Waals surface area contributed by atoms with Crippen LogP contribution >= 0.6 is 0 Å². The molecule has 0 aromatic heterocycles. The van der Waals surface area contributed by atoms with Gasteiger partial charge in [-0.3, -0.25) is 0 Å². The second-order valence-corrected chi connectivity index (χ2v) is 2.92. The van der Waals surface area contributed by atoms with Crippen LogP contribution in [0.25, 0.3) is 0 Å². The molecule has 0 radical (unpaired) electrons. The monoisotopic (exact) mass is 158 g/mol. The molecule has 1 aliphatic heterocycles. The largest absolute Gasteiger partial charge is 0.479 e. The maximum absolute atomic E-state index is 10.5. The molecule has 64 valence electrons. The van der Waals surface area contributed by atoms with Gasteiger partial charge in [0, 0.05) is 0 Å². The fourth-order valence-electron chi connectivity index (χ4n) is 1.38. The SMILES string of the molecule is CC[C@@H]1CCC[C@H](C(=O)O)O1. The van der Waals surface area contributed by atoms with E-state index in [1.165, 1.54) is 0 Å². The summed E-state index contributed by atoms with van der Waals surface area (Å²) in [4.78, 5) is 10.5. The van der Waals surface area contributed by atoms with Crippen LogP contribution in [0.1, 0.15) is 32.6 Å². The summed E-state index contributed by atoms with van der Waals surface area (Å²) < 4.78 is 5.30. The van der Waals surface area contributed by atoms with Gasteiger partial charge in [0.25, 0.3) is 0 Å². The summed E-state index contributed by atoms with van der Waals surface area (Å²) in [5, 5.41) is 8.63. The average Bonchev–Trinajstić information content (AvgIpc) is 2.05. The van der Waals surface area contributed by atoms with Crippen molar-refractivity contribution in [3.05, 3.63) is 0 Å². The highest BCUT2D eigenvalue weighted by Gasteiger charge is 2.25. The Bertz CT molecular complexity index is 144. The molecule has 0 unspecified atom stereocenters. The Morgan fingerprint density at radius 3 is 2.91 bits per heavy atom. The molecule has 0 saturated carbocycles. The number of hydrogen-bond acceptors (Lipinski definition) is 2. The van der Waals surface area contributed by atoms with E-state index in [0.717, 1.165) is 19.3 Å². The lowest BCUT2D eigenvalue weighted by atomic mass is 10.0. The van der Waals surface area contributed by atoms with Gasteiger partial charge in [-0.2, -0.15) is 0 Å². The highest BCUT2D eigenvalue weighted by Crippen LogP contribution is 2.20. The van der Waals surface area contributed by atoms with Crippen LogP contribution in [-0.4, -0.2) is 23.3 Å². The van der Waals surface area contributed by atoms with Crippen LogP contribution < -0.4 is 0 Å². The van der Waals surface area contributed by atoms with Gasteiger partial charge in [-0.1, -0.05) is 6.92 Å². The molecular formula is C8H14O3. The van der Waals surface area contributed by atoms with Crippen LogP contribution in [0.3, 0.4) is 0 Å². The molecule has 1 aliphatic rings. The molecule has 0 aromatic carbocycles. The lowest BCUT2D eigenvalue weighted by Gasteiger charge is -2.26. The van der Waals surface area contributed by atoms with Gasteiger partial charge in [0.05, 0.1) is 6.10 Å². The Kier molecular flexibility index (Phi) is 2.88. The number of carboxylic acid groups (broad SMARTS) is 1. The predicted molar refractivity (Wildman–Crippen MR) is 40.4 cm³/mol. The van der Waals surface area contributed by atoms with Gasteiger partial charge in [-0.15, -0.1) is 0 Å². The lowest BCUT2D eigenvalue weighted by molar-refractivity contribution is -0.159. The van der Waals surface area contributed by atoms with Crippen molar-refractivity contribution in [1.29, 1.82) is 0 Å². The number of carboxylic acids is 1. The van der Waals surface area contributed by atoms with Crippen LogP contribution in [0.2, 0.25) is 0 Å². The summed E-state index contributed by atoms with van der Waals surface area (Å²) in [5.41, 5.74) is 0. The van der Waals surface area contributed by atoms with E-state index in [1.54, 1.807) is 0 Å². The topological polar surface area (TPSA) is 46.5 Å². The molecule has 1 fully saturated rings. The number of rotatable bonds is 2. The first kappa shape index (κ1) is 8.53. The van der Waals surface area contributed by atoms with Gasteiger partial charge in [-0.05, 0) is 25.7 Å². The fourth-order valence-corrected chi connectivity index (χ4v) is 1.38. The van der Waals surface area contributed by atoms with Gasteiger partial charge >= 0.3 is 5.97 Å². The molecule has 1 N–H and O–H groups in total. The summed E-state index contributed by atoms with van der Waals surface area (Å²) in [6.07, 6.45) is 3.21. The van der Waals surface area contributed by atoms with Crippen LogP contribution in [0.15, 0.2) is 0 Å². The van der Waals surface area contributed by atoms with Crippen molar-refractivity contribution in [2.24, 2.45) is 0 Å². The predicted octanol–water partition coefficient (Wildman–Crippen LogP) is 1.42. The minimum absolute atomic E-state index is 0.171. The zero-order valence-electron chi connectivity index (χ0n) is 6.75. The average molecular weight is 158 g/mol. The zero-order chi connectivity index (χ0) is 8.27. The highest BCUT2D eigenvalue weighted by atomic mass is 16.5.